The van der Waals surface area contributed by atoms with Crippen LogP contribution < -0.4 is 0 Å². The number of hydrogen-bond donors (Lipinski definition) is 0. The summed E-state index contributed by atoms with van der Waals surface area (Å²) in [5.74, 6) is 0.469. The van der Waals surface area contributed by atoms with Crippen molar-refractivity contribution >= 4 is 52.4 Å². The number of amides is 2. The lowest BCUT2D eigenvalue weighted by atomic mass is 10.1. The van der Waals surface area contributed by atoms with Gasteiger partial charge < -0.3 is 9.15 Å². The van der Waals surface area contributed by atoms with Crippen molar-refractivity contribution in [2.45, 2.75) is 32.1 Å². The van der Waals surface area contributed by atoms with Gasteiger partial charge in [0.25, 0.3) is 11.8 Å². The Balaban J connectivity index is 1.86. The number of rotatable bonds is 9. The molecule has 2 amide bonds. The lowest BCUT2D eigenvalue weighted by Crippen LogP contribution is -2.33. The van der Waals surface area contributed by atoms with E-state index >= 15 is 0 Å². The SMILES string of the molecule is CC(C)OCCCN1C(=O)C(SCc2ccco2)=C(c2ccc(Cl)cc2Cl)C1=O. The van der Waals surface area contributed by atoms with Gasteiger partial charge in [0.05, 0.1) is 33.6 Å². The van der Waals surface area contributed by atoms with Gasteiger partial charge in [-0.15, -0.1) is 11.8 Å². The van der Waals surface area contributed by atoms with Crippen LogP contribution in [0.5, 0.6) is 0 Å². The van der Waals surface area contributed by atoms with Gasteiger partial charge in [-0.1, -0.05) is 29.3 Å². The first-order valence-electron chi connectivity index (χ1n) is 9.21. The summed E-state index contributed by atoms with van der Waals surface area (Å²) in [7, 11) is 0. The van der Waals surface area contributed by atoms with Crippen LogP contribution in [-0.4, -0.2) is 36.0 Å². The Hall–Kier alpha value is -1.73. The lowest BCUT2D eigenvalue weighted by Gasteiger charge is -2.16. The minimum atomic E-state index is -0.356. The van der Waals surface area contributed by atoms with Crippen LogP contribution in [0.25, 0.3) is 5.57 Å². The largest absolute Gasteiger partial charge is 0.468 e. The molecule has 5 nitrogen and oxygen atoms in total. The normalized spacial score (nSPS) is 14.6. The van der Waals surface area contributed by atoms with Gasteiger partial charge in [-0.2, -0.15) is 0 Å². The van der Waals surface area contributed by atoms with E-state index in [4.69, 9.17) is 32.4 Å². The fraction of sp³-hybridized carbons (Fsp3) is 0.333. The number of imide groups is 1. The molecule has 0 bridgehead atoms. The Kier molecular flexibility index (Phi) is 7.46. The molecular formula is C21H21Cl2NO4S. The average Bonchev–Trinajstić information content (AvgIpc) is 3.25. The zero-order chi connectivity index (χ0) is 21.0. The van der Waals surface area contributed by atoms with Gasteiger partial charge in [0.15, 0.2) is 0 Å². The number of carbonyl (C=O) groups excluding carboxylic acids is 2. The van der Waals surface area contributed by atoms with Gasteiger partial charge in [0.2, 0.25) is 0 Å². The molecule has 0 saturated heterocycles. The van der Waals surface area contributed by atoms with E-state index in [9.17, 15) is 9.59 Å². The third kappa shape index (κ3) is 5.25. The molecule has 1 aromatic carbocycles. The van der Waals surface area contributed by atoms with Crippen molar-refractivity contribution in [2.24, 2.45) is 0 Å². The van der Waals surface area contributed by atoms with Gasteiger partial charge in [0, 0.05) is 23.7 Å². The van der Waals surface area contributed by atoms with E-state index in [1.54, 1.807) is 30.5 Å². The smallest absolute Gasteiger partial charge is 0.267 e. The van der Waals surface area contributed by atoms with Gasteiger partial charge in [0.1, 0.15) is 5.76 Å². The van der Waals surface area contributed by atoms with E-state index in [-0.39, 0.29) is 24.5 Å². The molecule has 1 aliphatic heterocycles. The molecule has 29 heavy (non-hydrogen) atoms. The molecule has 0 fully saturated rings. The van der Waals surface area contributed by atoms with Crippen molar-refractivity contribution in [3.05, 3.63) is 62.9 Å². The standard InChI is InChI=1S/C21H21Cl2NO4S/c1-13(2)27-10-4-8-24-20(25)18(16-7-6-14(22)11-17(16)23)19(21(24)26)29-12-15-5-3-9-28-15/h3,5-7,9,11,13H,4,8,10,12H2,1-2H3. The second-order valence-corrected chi connectivity index (χ2v) is 8.56. The Morgan fingerprint density at radius 3 is 2.62 bits per heavy atom. The van der Waals surface area contributed by atoms with Crippen LogP contribution in [-0.2, 0) is 20.1 Å². The number of benzene rings is 1. The fourth-order valence-corrected chi connectivity index (χ4v) is 4.43. The summed E-state index contributed by atoms with van der Waals surface area (Å²) in [6.45, 7) is 4.64. The maximum absolute atomic E-state index is 13.1. The topological polar surface area (TPSA) is 59.8 Å². The van der Waals surface area contributed by atoms with E-state index in [1.807, 2.05) is 19.9 Å². The minimum absolute atomic E-state index is 0.0981. The summed E-state index contributed by atoms with van der Waals surface area (Å²) < 4.78 is 10.9. The molecule has 0 radical (unpaired) electrons. The van der Waals surface area contributed by atoms with Crippen LogP contribution >= 0.6 is 35.0 Å². The van der Waals surface area contributed by atoms with Crippen molar-refractivity contribution in [1.82, 2.24) is 4.90 Å². The van der Waals surface area contributed by atoms with Gasteiger partial charge >= 0.3 is 0 Å². The third-order valence-corrected chi connectivity index (χ3v) is 5.89. The zero-order valence-corrected chi connectivity index (χ0v) is 18.4. The van der Waals surface area contributed by atoms with Crippen LogP contribution in [0.3, 0.4) is 0 Å². The Morgan fingerprint density at radius 2 is 1.97 bits per heavy atom. The molecule has 0 saturated carbocycles. The number of halogens is 2. The molecule has 0 spiro atoms. The van der Waals surface area contributed by atoms with E-state index < -0.39 is 0 Å². The van der Waals surface area contributed by atoms with E-state index in [0.29, 0.717) is 50.6 Å². The minimum Gasteiger partial charge on any atom is -0.468 e. The number of hydrogen-bond acceptors (Lipinski definition) is 5. The molecule has 0 aliphatic carbocycles. The highest BCUT2D eigenvalue weighted by molar-refractivity contribution is 8.03. The number of ether oxygens (including phenoxy) is 1. The van der Waals surface area contributed by atoms with Gasteiger partial charge in [-0.05, 0) is 44.5 Å². The molecule has 0 unspecified atom stereocenters. The second-order valence-electron chi connectivity index (χ2n) is 6.73. The molecule has 154 valence electrons. The molecule has 2 heterocycles. The molecule has 0 N–H and O–H groups in total. The summed E-state index contributed by atoms with van der Waals surface area (Å²) in [5.41, 5.74) is 0.801. The molecular weight excluding hydrogens is 433 g/mol. The lowest BCUT2D eigenvalue weighted by molar-refractivity contribution is -0.136. The van der Waals surface area contributed by atoms with Crippen LogP contribution in [0.15, 0.2) is 45.9 Å². The maximum Gasteiger partial charge on any atom is 0.267 e. The maximum atomic E-state index is 13.1. The number of furan rings is 1. The summed E-state index contributed by atoms with van der Waals surface area (Å²) in [6.07, 6.45) is 2.23. The van der Waals surface area contributed by atoms with Crippen LogP contribution in [0.4, 0.5) is 0 Å². The molecule has 8 heteroatoms. The molecule has 2 aromatic rings. The predicted molar refractivity (Wildman–Crippen MR) is 116 cm³/mol. The average molecular weight is 454 g/mol. The zero-order valence-electron chi connectivity index (χ0n) is 16.1. The van der Waals surface area contributed by atoms with E-state index in [2.05, 4.69) is 0 Å². The molecule has 1 aromatic heterocycles. The summed E-state index contributed by atoms with van der Waals surface area (Å²) in [5, 5.41) is 0.790. The van der Waals surface area contributed by atoms with E-state index in [1.165, 1.54) is 16.7 Å². The first kappa shape index (κ1) is 22.0. The van der Waals surface area contributed by atoms with Gasteiger partial charge in [-0.3, -0.25) is 14.5 Å². The van der Waals surface area contributed by atoms with Crippen molar-refractivity contribution in [2.75, 3.05) is 13.2 Å². The fourth-order valence-electron chi connectivity index (χ4n) is 2.90. The highest BCUT2D eigenvalue weighted by Gasteiger charge is 2.39. The van der Waals surface area contributed by atoms with Crippen molar-refractivity contribution in [3.63, 3.8) is 0 Å². The highest BCUT2D eigenvalue weighted by Crippen LogP contribution is 2.40. The number of nitrogens with zero attached hydrogens (tertiary/aromatic N) is 1. The monoisotopic (exact) mass is 453 g/mol. The first-order valence-corrected chi connectivity index (χ1v) is 10.9. The molecule has 0 atom stereocenters. The van der Waals surface area contributed by atoms with Crippen molar-refractivity contribution < 1.29 is 18.7 Å². The van der Waals surface area contributed by atoms with Crippen LogP contribution in [0.1, 0.15) is 31.6 Å². The Bertz CT molecular complexity index is 925. The Morgan fingerprint density at radius 1 is 1.17 bits per heavy atom. The van der Waals surface area contributed by atoms with Crippen molar-refractivity contribution in [1.29, 1.82) is 0 Å². The summed E-state index contributed by atoms with van der Waals surface area (Å²) in [4.78, 5) is 27.8. The van der Waals surface area contributed by atoms with E-state index in [0.717, 1.165) is 0 Å². The number of carbonyl (C=O) groups is 2. The van der Waals surface area contributed by atoms with Crippen LogP contribution in [0.2, 0.25) is 10.0 Å². The molecule has 3 rings (SSSR count). The first-order chi connectivity index (χ1) is 13.9. The predicted octanol–water partition coefficient (Wildman–Crippen LogP) is 5.41. The Labute approximate surface area is 184 Å². The van der Waals surface area contributed by atoms with Crippen molar-refractivity contribution in [3.8, 4) is 0 Å². The van der Waals surface area contributed by atoms with Crippen LogP contribution in [0, 0.1) is 0 Å². The summed E-state index contributed by atoms with van der Waals surface area (Å²) in [6, 6.07) is 8.50. The summed E-state index contributed by atoms with van der Waals surface area (Å²) >= 11 is 13.6. The van der Waals surface area contributed by atoms with Gasteiger partial charge in [-0.25, -0.2) is 0 Å². The molecule has 1 aliphatic rings. The third-order valence-electron chi connectivity index (χ3n) is 4.24. The highest BCUT2D eigenvalue weighted by atomic mass is 35.5. The second kappa shape index (κ2) is 9.85. The quantitative estimate of drug-likeness (QED) is 0.374. The number of thioether (sulfide) groups is 1.